The molecule has 0 saturated carbocycles. The second-order valence-corrected chi connectivity index (χ2v) is 12.1. The first-order chi connectivity index (χ1) is 20.7. The molecule has 4 rings (SSSR count). The third-order valence-corrected chi connectivity index (χ3v) is 8.30. The Labute approximate surface area is 255 Å². The zero-order chi connectivity index (χ0) is 30.8. The lowest BCUT2D eigenvalue weighted by Crippen LogP contribution is -2.47. The first-order valence-electron chi connectivity index (χ1n) is 15.7. The number of carbonyl (C=O) groups is 2. The fourth-order valence-electron chi connectivity index (χ4n) is 5.55. The Morgan fingerprint density at radius 1 is 0.884 bits per heavy atom. The van der Waals surface area contributed by atoms with Crippen LogP contribution in [0, 0.1) is 17.6 Å². The number of likely N-dealkylation sites (tertiary alicyclic amines) is 1. The van der Waals surface area contributed by atoms with E-state index in [1.54, 1.807) is 12.1 Å². The number of benzene rings is 3. The molecule has 0 radical (unpaired) electrons. The molecule has 0 aromatic heterocycles. The Morgan fingerprint density at radius 2 is 1.53 bits per heavy atom. The molecule has 230 valence electrons. The van der Waals surface area contributed by atoms with Crippen LogP contribution in [0.3, 0.4) is 0 Å². The van der Waals surface area contributed by atoms with Gasteiger partial charge in [-0.1, -0.05) is 57.9 Å². The molecule has 0 spiro atoms. The van der Waals surface area contributed by atoms with Crippen LogP contribution >= 0.6 is 0 Å². The van der Waals surface area contributed by atoms with Crippen molar-refractivity contribution in [3.05, 3.63) is 101 Å². The Bertz CT molecular complexity index is 1330. The van der Waals surface area contributed by atoms with Crippen LogP contribution in [0.2, 0.25) is 0 Å². The van der Waals surface area contributed by atoms with E-state index in [0.29, 0.717) is 23.7 Å². The van der Waals surface area contributed by atoms with Crippen molar-refractivity contribution >= 4 is 17.5 Å². The number of hydrogen-bond donors (Lipinski definition) is 1. The van der Waals surface area contributed by atoms with Crippen LogP contribution in [-0.4, -0.2) is 47.3 Å². The number of halogens is 2. The Morgan fingerprint density at radius 3 is 2.16 bits per heavy atom. The fraction of sp³-hybridized carbons (Fsp3) is 0.444. The van der Waals surface area contributed by atoms with Gasteiger partial charge in [0.2, 0.25) is 0 Å². The van der Waals surface area contributed by atoms with Crippen molar-refractivity contribution in [3.63, 3.8) is 0 Å². The summed E-state index contributed by atoms with van der Waals surface area (Å²) >= 11 is 0. The van der Waals surface area contributed by atoms with Crippen LogP contribution in [0.15, 0.2) is 66.7 Å². The number of amides is 2. The van der Waals surface area contributed by atoms with E-state index in [1.165, 1.54) is 30.9 Å². The SMILES string of the molecule is CCCCCc1ccc(C(=O)N(Cc2ccc(NC(=O)c3ccc(F)c(F)c3)cc2)C2CCN(CCC(C)C)CC2)cc1. The van der Waals surface area contributed by atoms with Crippen molar-refractivity contribution in [2.24, 2.45) is 5.92 Å². The summed E-state index contributed by atoms with van der Waals surface area (Å²) in [4.78, 5) is 31.0. The van der Waals surface area contributed by atoms with Crippen molar-refractivity contribution in [2.75, 3.05) is 25.0 Å². The lowest BCUT2D eigenvalue weighted by atomic mass is 9.99. The molecule has 5 nitrogen and oxygen atoms in total. The van der Waals surface area contributed by atoms with E-state index >= 15 is 0 Å². The molecular formula is C36H45F2N3O2. The van der Waals surface area contributed by atoms with E-state index in [-0.39, 0.29) is 17.5 Å². The molecular weight excluding hydrogens is 544 g/mol. The van der Waals surface area contributed by atoms with E-state index < -0.39 is 17.5 Å². The summed E-state index contributed by atoms with van der Waals surface area (Å²) in [6.45, 7) is 10.2. The highest BCUT2D eigenvalue weighted by Gasteiger charge is 2.29. The first kappa shape index (κ1) is 32.3. The molecule has 1 N–H and O–H groups in total. The molecule has 0 aliphatic carbocycles. The van der Waals surface area contributed by atoms with E-state index in [2.05, 4.69) is 43.1 Å². The molecule has 1 aliphatic rings. The number of rotatable bonds is 13. The van der Waals surface area contributed by atoms with Gasteiger partial charge in [-0.2, -0.15) is 0 Å². The second kappa shape index (κ2) is 15.8. The number of nitrogens with one attached hydrogen (secondary N) is 1. The maximum atomic E-state index is 13.9. The molecule has 1 saturated heterocycles. The third-order valence-electron chi connectivity index (χ3n) is 8.30. The zero-order valence-electron chi connectivity index (χ0n) is 25.8. The van der Waals surface area contributed by atoms with Crippen molar-refractivity contribution in [2.45, 2.75) is 78.3 Å². The van der Waals surface area contributed by atoms with Crippen LogP contribution in [-0.2, 0) is 13.0 Å². The van der Waals surface area contributed by atoms with Gasteiger partial charge in [-0.25, -0.2) is 8.78 Å². The van der Waals surface area contributed by atoms with Crippen molar-refractivity contribution in [1.29, 1.82) is 0 Å². The number of piperidine rings is 1. The van der Waals surface area contributed by atoms with E-state index in [0.717, 1.165) is 63.0 Å². The molecule has 0 bridgehead atoms. The number of unbranched alkanes of at least 4 members (excludes halogenated alkanes) is 2. The summed E-state index contributed by atoms with van der Waals surface area (Å²) in [7, 11) is 0. The largest absolute Gasteiger partial charge is 0.331 e. The van der Waals surface area contributed by atoms with Crippen LogP contribution in [0.1, 0.15) is 91.1 Å². The van der Waals surface area contributed by atoms with E-state index in [9.17, 15) is 18.4 Å². The Kier molecular flexibility index (Phi) is 11.9. The predicted octanol–water partition coefficient (Wildman–Crippen LogP) is 8.10. The molecule has 1 heterocycles. The molecule has 0 unspecified atom stereocenters. The summed E-state index contributed by atoms with van der Waals surface area (Å²) in [6.07, 6.45) is 7.61. The summed E-state index contributed by atoms with van der Waals surface area (Å²) in [5.41, 5.74) is 3.50. The minimum atomic E-state index is -1.07. The van der Waals surface area contributed by atoms with Gasteiger partial charge < -0.3 is 15.1 Å². The number of hydrogen-bond acceptors (Lipinski definition) is 3. The van der Waals surface area contributed by atoms with Gasteiger partial charge in [-0.3, -0.25) is 9.59 Å². The number of carbonyl (C=O) groups excluding carboxylic acids is 2. The summed E-state index contributed by atoms with van der Waals surface area (Å²) in [6, 6.07) is 18.6. The van der Waals surface area contributed by atoms with Gasteiger partial charge in [-0.15, -0.1) is 0 Å². The van der Waals surface area contributed by atoms with Gasteiger partial charge >= 0.3 is 0 Å². The summed E-state index contributed by atoms with van der Waals surface area (Å²) < 4.78 is 26.8. The maximum absolute atomic E-state index is 13.9. The lowest BCUT2D eigenvalue weighted by molar-refractivity contribution is 0.0546. The smallest absolute Gasteiger partial charge is 0.255 e. The van der Waals surface area contributed by atoms with Crippen LogP contribution in [0.4, 0.5) is 14.5 Å². The number of aryl methyl sites for hydroxylation is 1. The van der Waals surface area contributed by atoms with Crippen LogP contribution in [0.25, 0.3) is 0 Å². The Balaban J connectivity index is 1.45. The zero-order valence-corrected chi connectivity index (χ0v) is 25.8. The average molecular weight is 590 g/mol. The maximum Gasteiger partial charge on any atom is 0.255 e. The van der Waals surface area contributed by atoms with Gasteiger partial charge in [-0.05, 0) is 98.2 Å². The second-order valence-electron chi connectivity index (χ2n) is 12.1. The average Bonchev–Trinajstić information content (AvgIpc) is 3.01. The summed E-state index contributed by atoms with van der Waals surface area (Å²) in [5.74, 6) is -1.87. The minimum Gasteiger partial charge on any atom is -0.331 e. The minimum absolute atomic E-state index is 0.0378. The molecule has 7 heteroatoms. The molecule has 43 heavy (non-hydrogen) atoms. The van der Waals surface area contributed by atoms with Crippen molar-refractivity contribution in [3.8, 4) is 0 Å². The summed E-state index contributed by atoms with van der Waals surface area (Å²) in [5, 5.41) is 2.73. The Hall–Kier alpha value is -3.58. The van der Waals surface area contributed by atoms with Gasteiger partial charge in [0.1, 0.15) is 0 Å². The monoisotopic (exact) mass is 589 g/mol. The highest BCUT2D eigenvalue weighted by molar-refractivity contribution is 6.04. The van der Waals surface area contributed by atoms with Gasteiger partial charge in [0.25, 0.3) is 11.8 Å². The number of anilines is 1. The number of nitrogens with zero attached hydrogens (tertiary/aromatic N) is 2. The standard InChI is InChI=1S/C36H45F2N3O2/c1-4-5-6-7-27-8-12-29(13-9-27)36(43)41(32-19-22-40(23-20-32)21-18-26(2)3)25-28-10-15-31(16-11-28)39-35(42)30-14-17-33(37)34(38)24-30/h8-17,24,26,32H,4-7,18-23,25H2,1-3H3,(H,39,42). The molecule has 1 fully saturated rings. The highest BCUT2D eigenvalue weighted by Crippen LogP contribution is 2.24. The van der Waals surface area contributed by atoms with Gasteiger partial charge in [0.15, 0.2) is 11.6 Å². The van der Waals surface area contributed by atoms with E-state index in [4.69, 9.17) is 0 Å². The molecule has 1 aliphatic heterocycles. The van der Waals surface area contributed by atoms with Crippen LogP contribution in [0.5, 0.6) is 0 Å². The van der Waals surface area contributed by atoms with Crippen molar-refractivity contribution in [1.82, 2.24) is 9.80 Å². The normalized spacial score (nSPS) is 14.2. The van der Waals surface area contributed by atoms with E-state index in [1.807, 2.05) is 29.2 Å². The molecule has 3 aromatic rings. The first-order valence-corrected chi connectivity index (χ1v) is 15.7. The third kappa shape index (κ3) is 9.45. The fourth-order valence-corrected chi connectivity index (χ4v) is 5.55. The highest BCUT2D eigenvalue weighted by atomic mass is 19.2. The molecule has 3 aromatic carbocycles. The van der Waals surface area contributed by atoms with Crippen molar-refractivity contribution < 1.29 is 18.4 Å². The topological polar surface area (TPSA) is 52.7 Å². The molecule has 0 atom stereocenters. The quantitative estimate of drug-likeness (QED) is 0.205. The predicted molar refractivity (Wildman–Crippen MR) is 169 cm³/mol. The molecule has 2 amide bonds. The van der Waals surface area contributed by atoms with Gasteiger partial charge in [0.05, 0.1) is 0 Å². The lowest BCUT2D eigenvalue weighted by Gasteiger charge is -2.39. The van der Waals surface area contributed by atoms with Gasteiger partial charge in [0, 0.05) is 42.5 Å². The van der Waals surface area contributed by atoms with Crippen LogP contribution < -0.4 is 5.32 Å².